The number of aliphatic hydroxyl groups excluding tert-OH is 1. The first-order valence-corrected chi connectivity index (χ1v) is 7.03. The summed E-state index contributed by atoms with van der Waals surface area (Å²) in [5.41, 5.74) is 1.07. The first-order valence-electron chi connectivity index (χ1n) is 6.24. The smallest absolute Gasteiger partial charge is 0.119 e. The molecule has 1 saturated heterocycles. The van der Waals surface area contributed by atoms with Gasteiger partial charge in [0.15, 0.2) is 0 Å². The number of hydrogen-bond donors (Lipinski definition) is 1. The lowest BCUT2D eigenvalue weighted by Gasteiger charge is -2.21. The molecule has 18 heavy (non-hydrogen) atoms. The summed E-state index contributed by atoms with van der Waals surface area (Å²) in [6, 6.07) is 5.82. The molecular weight excluding hydrogens is 296 g/mol. The van der Waals surface area contributed by atoms with Crippen LogP contribution in [0.2, 0.25) is 0 Å². The van der Waals surface area contributed by atoms with Crippen molar-refractivity contribution in [3.05, 3.63) is 28.2 Å². The van der Waals surface area contributed by atoms with Gasteiger partial charge in [0.05, 0.1) is 19.3 Å². The highest BCUT2D eigenvalue weighted by Crippen LogP contribution is 2.29. The fourth-order valence-corrected chi connectivity index (χ4v) is 2.87. The molecule has 3 unspecified atom stereocenters. The maximum atomic E-state index is 10.3. The Morgan fingerprint density at radius 3 is 2.94 bits per heavy atom. The van der Waals surface area contributed by atoms with Crippen LogP contribution in [0.4, 0.5) is 0 Å². The zero-order chi connectivity index (χ0) is 13.1. The summed E-state index contributed by atoms with van der Waals surface area (Å²) in [7, 11) is 1.65. The molecule has 3 atom stereocenters. The van der Waals surface area contributed by atoms with Crippen LogP contribution in [0, 0.1) is 5.92 Å². The van der Waals surface area contributed by atoms with E-state index in [1.54, 1.807) is 7.11 Å². The lowest BCUT2D eigenvalue weighted by molar-refractivity contribution is 0.0440. The van der Waals surface area contributed by atoms with Crippen molar-refractivity contribution in [2.75, 3.05) is 13.7 Å². The van der Waals surface area contributed by atoms with Crippen molar-refractivity contribution in [1.29, 1.82) is 0 Å². The molecule has 0 bridgehead atoms. The van der Waals surface area contributed by atoms with Crippen molar-refractivity contribution in [1.82, 2.24) is 0 Å². The predicted molar refractivity (Wildman–Crippen MR) is 73.9 cm³/mol. The Balaban J connectivity index is 2.08. The molecule has 4 heteroatoms. The second kappa shape index (κ2) is 6.04. The molecular formula is C14H19BrO3. The number of ether oxygens (including phenoxy) is 2. The van der Waals surface area contributed by atoms with Crippen molar-refractivity contribution in [3.63, 3.8) is 0 Å². The van der Waals surface area contributed by atoms with Crippen LogP contribution in [0.3, 0.4) is 0 Å². The Bertz CT molecular complexity index is 408. The number of halogens is 1. The molecule has 1 aromatic rings. The van der Waals surface area contributed by atoms with Crippen molar-refractivity contribution < 1.29 is 14.6 Å². The zero-order valence-electron chi connectivity index (χ0n) is 10.7. The second-order valence-corrected chi connectivity index (χ2v) is 5.61. The van der Waals surface area contributed by atoms with Crippen LogP contribution in [0.5, 0.6) is 5.75 Å². The summed E-state index contributed by atoms with van der Waals surface area (Å²) in [4.78, 5) is 0. The highest BCUT2D eigenvalue weighted by Gasteiger charge is 2.31. The van der Waals surface area contributed by atoms with E-state index >= 15 is 0 Å². The van der Waals surface area contributed by atoms with Crippen LogP contribution in [0.25, 0.3) is 0 Å². The minimum atomic E-state index is -0.370. The lowest BCUT2D eigenvalue weighted by atomic mass is 9.91. The van der Waals surface area contributed by atoms with Crippen molar-refractivity contribution in [2.45, 2.75) is 32.0 Å². The predicted octanol–water partition coefficient (Wildman–Crippen LogP) is 2.79. The van der Waals surface area contributed by atoms with E-state index in [1.165, 1.54) is 0 Å². The molecule has 0 spiro atoms. The second-order valence-electron chi connectivity index (χ2n) is 4.76. The van der Waals surface area contributed by atoms with Crippen molar-refractivity contribution in [3.8, 4) is 5.75 Å². The van der Waals surface area contributed by atoms with Gasteiger partial charge in [-0.25, -0.2) is 0 Å². The van der Waals surface area contributed by atoms with E-state index in [0.29, 0.717) is 6.42 Å². The van der Waals surface area contributed by atoms with Gasteiger partial charge < -0.3 is 14.6 Å². The van der Waals surface area contributed by atoms with Crippen LogP contribution < -0.4 is 4.74 Å². The van der Waals surface area contributed by atoms with E-state index in [1.807, 2.05) is 25.1 Å². The molecule has 1 heterocycles. The number of benzene rings is 1. The van der Waals surface area contributed by atoms with Crippen LogP contribution in [-0.4, -0.2) is 31.0 Å². The molecule has 1 fully saturated rings. The largest absolute Gasteiger partial charge is 0.497 e. The molecule has 100 valence electrons. The van der Waals surface area contributed by atoms with Crippen LogP contribution in [0.15, 0.2) is 22.7 Å². The number of rotatable bonds is 4. The summed E-state index contributed by atoms with van der Waals surface area (Å²) in [6.07, 6.45) is 1.33. The summed E-state index contributed by atoms with van der Waals surface area (Å²) in [5, 5.41) is 10.3. The minimum absolute atomic E-state index is 0.143. The van der Waals surface area contributed by atoms with E-state index in [9.17, 15) is 5.11 Å². The number of methoxy groups -OCH3 is 1. The van der Waals surface area contributed by atoms with Crippen molar-refractivity contribution >= 4 is 15.9 Å². The third kappa shape index (κ3) is 3.05. The van der Waals surface area contributed by atoms with Gasteiger partial charge in [-0.15, -0.1) is 0 Å². The van der Waals surface area contributed by atoms with Gasteiger partial charge in [-0.1, -0.05) is 15.9 Å². The van der Waals surface area contributed by atoms with Gasteiger partial charge in [0.2, 0.25) is 0 Å². The van der Waals surface area contributed by atoms with Gasteiger partial charge in [-0.05, 0) is 43.5 Å². The van der Waals surface area contributed by atoms with Gasteiger partial charge in [-0.2, -0.15) is 0 Å². The van der Waals surface area contributed by atoms with Gasteiger partial charge >= 0.3 is 0 Å². The quantitative estimate of drug-likeness (QED) is 0.928. The highest BCUT2D eigenvalue weighted by atomic mass is 79.9. The third-order valence-electron chi connectivity index (χ3n) is 3.61. The molecule has 0 aliphatic carbocycles. The van der Waals surface area contributed by atoms with Crippen LogP contribution in [0.1, 0.15) is 18.9 Å². The average molecular weight is 315 g/mol. The first kappa shape index (κ1) is 13.8. The summed E-state index contributed by atoms with van der Waals surface area (Å²) < 4.78 is 11.7. The number of hydrogen-bond acceptors (Lipinski definition) is 3. The maximum absolute atomic E-state index is 10.3. The normalized spacial score (nSPS) is 25.1. The minimum Gasteiger partial charge on any atom is -0.497 e. The Kier molecular flexibility index (Phi) is 4.65. The Labute approximate surface area is 116 Å². The highest BCUT2D eigenvalue weighted by molar-refractivity contribution is 9.10. The average Bonchev–Trinajstić information content (AvgIpc) is 2.78. The Morgan fingerprint density at radius 1 is 1.56 bits per heavy atom. The third-order valence-corrected chi connectivity index (χ3v) is 4.38. The maximum Gasteiger partial charge on any atom is 0.119 e. The molecule has 1 aromatic carbocycles. The first-order chi connectivity index (χ1) is 8.61. The van der Waals surface area contributed by atoms with E-state index in [0.717, 1.165) is 28.8 Å². The monoisotopic (exact) mass is 314 g/mol. The van der Waals surface area contributed by atoms with Gasteiger partial charge in [0, 0.05) is 17.0 Å². The van der Waals surface area contributed by atoms with Gasteiger partial charge in [-0.3, -0.25) is 0 Å². The molecule has 0 aromatic heterocycles. The molecule has 0 saturated carbocycles. The van der Waals surface area contributed by atoms with E-state index in [4.69, 9.17) is 9.47 Å². The van der Waals surface area contributed by atoms with Crippen LogP contribution in [-0.2, 0) is 11.2 Å². The number of aliphatic hydroxyl groups is 1. The SMILES string of the molecule is COc1ccc(Br)c(CC(O)C2CCOC2C)c1. The molecule has 0 amide bonds. The van der Waals surface area contributed by atoms with Crippen molar-refractivity contribution in [2.24, 2.45) is 5.92 Å². The Hall–Kier alpha value is -0.580. The molecule has 3 nitrogen and oxygen atoms in total. The van der Waals surface area contributed by atoms with Gasteiger partial charge in [0.25, 0.3) is 0 Å². The van der Waals surface area contributed by atoms with Crippen LogP contribution >= 0.6 is 15.9 Å². The Morgan fingerprint density at radius 2 is 2.33 bits per heavy atom. The standard InChI is InChI=1S/C14H19BrO3/c1-9-12(5-6-18-9)14(16)8-10-7-11(17-2)3-4-13(10)15/h3-4,7,9,12,14,16H,5-6,8H2,1-2H3. The fourth-order valence-electron chi connectivity index (χ4n) is 2.46. The summed E-state index contributed by atoms with van der Waals surface area (Å²) >= 11 is 3.51. The summed E-state index contributed by atoms with van der Waals surface area (Å²) in [6.45, 7) is 2.78. The molecule has 1 aliphatic rings. The molecule has 2 rings (SSSR count). The molecule has 1 N–H and O–H groups in total. The molecule has 1 aliphatic heterocycles. The van der Waals surface area contributed by atoms with E-state index in [2.05, 4.69) is 15.9 Å². The van der Waals surface area contributed by atoms with Gasteiger partial charge in [0.1, 0.15) is 5.75 Å². The fraction of sp³-hybridized carbons (Fsp3) is 0.571. The molecule has 0 radical (unpaired) electrons. The lowest BCUT2D eigenvalue weighted by Crippen LogP contribution is -2.28. The summed E-state index contributed by atoms with van der Waals surface area (Å²) in [5.74, 6) is 1.04. The van der Waals surface area contributed by atoms with E-state index in [-0.39, 0.29) is 18.1 Å². The topological polar surface area (TPSA) is 38.7 Å². The van der Waals surface area contributed by atoms with E-state index < -0.39 is 0 Å². The zero-order valence-corrected chi connectivity index (χ0v) is 12.3.